The van der Waals surface area contributed by atoms with Crippen LogP contribution in [-0.2, 0) is 9.59 Å². The van der Waals surface area contributed by atoms with Gasteiger partial charge in [0.05, 0.1) is 16.2 Å². The molecule has 0 saturated heterocycles. The maximum Gasteiger partial charge on any atom is 0.335 e. The Morgan fingerprint density at radius 3 is 2.37 bits per heavy atom. The summed E-state index contributed by atoms with van der Waals surface area (Å²) in [5.41, 5.74) is -0.0932. The van der Waals surface area contributed by atoms with Gasteiger partial charge in [-0.05, 0) is 30.3 Å². The Morgan fingerprint density at radius 1 is 1.11 bits per heavy atom. The minimum Gasteiger partial charge on any atom is -0.478 e. The van der Waals surface area contributed by atoms with Crippen LogP contribution in [0.25, 0.3) is 0 Å². The summed E-state index contributed by atoms with van der Waals surface area (Å²) in [5, 5.41) is 22.1. The van der Waals surface area contributed by atoms with Gasteiger partial charge in [0, 0.05) is 17.8 Å². The third kappa shape index (κ3) is 3.35. The molecule has 0 aliphatic carbocycles. The third-order valence-electron chi connectivity index (χ3n) is 3.73. The molecule has 2 aromatic carbocycles. The number of benzene rings is 2. The summed E-state index contributed by atoms with van der Waals surface area (Å²) in [6.45, 7) is 0. The Bertz CT molecular complexity index is 1020. The van der Waals surface area contributed by atoms with Gasteiger partial charge in [0.25, 0.3) is 17.5 Å². The molecule has 2 aromatic rings. The first-order chi connectivity index (χ1) is 12.8. The lowest BCUT2D eigenvalue weighted by Crippen LogP contribution is -2.32. The van der Waals surface area contributed by atoms with Crippen molar-refractivity contribution < 1.29 is 24.4 Å². The molecule has 1 aliphatic heterocycles. The number of carboxylic acid groups (broad SMARTS) is 1. The number of hydrogen-bond acceptors (Lipinski definition) is 6. The summed E-state index contributed by atoms with van der Waals surface area (Å²) in [6.07, 6.45) is 0. The van der Waals surface area contributed by atoms with Crippen molar-refractivity contribution in [2.45, 2.75) is 0 Å². The quantitative estimate of drug-likeness (QED) is 0.458. The highest BCUT2D eigenvalue weighted by atomic mass is 35.5. The van der Waals surface area contributed by atoms with Crippen LogP contribution in [0, 0.1) is 10.1 Å². The van der Waals surface area contributed by atoms with Gasteiger partial charge < -0.3 is 10.4 Å². The van der Waals surface area contributed by atoms with Crippen LogP contribution < -0.4 is 10.2 Å². The van der Waals surface area contributed by atoms with E-state index in [2.05, 4.69) is 5.32 Å². The molecule has 0 saturated carbocycles. The predicted molar refractivity (Wildman–Crippen MR) is 95.5 cm³/mol. The van der Waals surface area contributed by atoms with E-state index in [1.54, 1.807) is 0 Å². The second kappa shape index (κ2) is 6.89. The van der Waals surface area contributed by atoms with E-state index in [0.29, 0.717) is 5.69 Å². The maximum atomic E-state index is 12.6. The summed E-state index contributed by atoms with van der Waals surface area (Å²) >= 11 is 5.98. The van der Waals surface area contributed by atoms with Gasteiger partial charge in [0.1, 0.15) is 10.7 Å². The first-order valence-electron chi connectivity index (χ1n) is 7.43. The van der Waals surface area contributed by atoms with E-state index in [-0.39, 0.29) is 27.7 Å². The van der Waals surface area contributed by atoms with Crippen LogP contribution in [0.3, 0.4) is 0 Å². The van der Waals surface area contributed by atoms with Crippen molar-refractivity contribution in [3.05, 3.63) is 74.9 Å². The number of carboxylic acids is 1. The van der Waals surface area contributed by atoms with Crippen LogP contribution in [0.2, 0.25) is 0 Å². The smallest absolute Gasteiger partial charge is 0.335 e. The highest BCUT2D eigenvalue weighted by molar-refractivity contribution is 6.53. The zero-order chi connectivity index (χ0) is 19.7. The van der Waals surface area contributed by atoms with Crippen molar-refractivity contribution in [1.29, 1.82) is 0 Å². The number of imide groups is 1. The van der Waals surface area contributed by atoms with E-state index in [4.69, 9.17) is 16.7 Å². The van der Waals surface area contributed by atoms with E-state index >= 15 is 0 Å². The zero-order valence-corrected chi connectivity index (χ0v) is 14.1. The minimum atomic E-state index is -1.11. The van der Waals surface area contributed by atoms with Gasteiger partial charge in [-0.25, -0.2) is 9.69 Å². The molecule has 2 N–H and O–H groups in total. The maximum absolute atomic E-state index is 12.6. The highest BCUT2D eigenvalue weighted by Crippen LogP contribution is 2.31. The second-order valence-corrected chi connectivity index (χ2v) is 5.80. The predicted octanol–water partition coefficient (Wildman–Crippen LogP) is 2.73. The average Bonchev–Trinajstić information content (AvgIpc) is 2.85. The molecular formula is C17H10ClN3O6. The molecule has 0 spiro atoms. The molecule has 9 nitrogen and oxygen atoms in total. The van der Waals surface area contributed by atoms with Crippen molar-refractivity contribution in [3.63, 3.8) is 0 Å². The fourth-order valence-corrected chi connectivity index (χ4v) is 2.64. The molecule has 136 valence electrons. The van der Waals surface area contributed by atoms with Crippen molar-refractivity contribution in [3.8, 4) is 0 Å². The first kappa shape index (κ1) is 18.1. The largest absolute Gasteiger partial charge is 0.478 e. The van der Waals surface area contributed by atoms with Crippen molar-refractivity contribution >= 4 is 46.4 Å². The van der Waals surface area contributed by atoms with Crippen molar-refractivity contribution in [2.75, 3.05) is 10.2 Å². The van der Waals surface area contributed by atoms with Crippen LogP contribution in [0.1, 0.15) is 10.4 Å². The number of hydrogen-bond donors (Lipinski definition) is 2. The Labute approximate surface area is 156 Å². The minimum absolute atomic E-state index is 0.00961. The lowest BCUT2D eigenvalue weighted by Gasteiger charge is -2.14. The van der Waals surface area contributed by atoms with Gasteiger partial charge in [-0.2, -0.15) is 0 Å². The van der Waals surface area contributed by atoms with E-state index in [1.807, 2.05) is 0 Å². The van der Waals surface area contributed by atoms with Gasteiger partial charge in [-0.15, -0.1) is 0 Å². The molecule has 3 rings (SSSR count). The van der Waals surface area contributed by atoms with E-state index in [0.717, 1.165) is 11.0 Å². The number of rotatable bonds is 5. The fraction of sp³-hybridized carbons (Fsp3) is 0. The topological polar surface area (TPSA) is 130 Å². The Balaban J connectivity index is 1.89. The summed E-state index contributed by atoms with van der Waals surface area (Å²) in [7, 11) is 0. The highest BCUT2D eigenvalue weighted by Gasteiger charge is 2.39. The van der Waals surface area contributed by atoms with Gasteiger partial charge in [-0.1, -0.05) is 17.7 Å². The number of halogens is 1. The van der Waals surface area contributed by atoms with Crippen LogP contribution in [0.5, 0.6) is 0 Å². The molecule has 27 heavy (non-hydrogen) atoms. The van der Waals surface area contributed by atoms with Crippen LogP contribution in [-0.4, -0.2) is 27.8 Å². The monoisotopic (exact) mass is 387 g/mol. The molecule has 0 fully saturated rings. The number of carbonyl (C=O) groups excluding carboxylic acids is 2. The molecule has 0 aromatic heterocycles. The van der Waals surface area contributed by atoms with Crippen molar-refractivity contribution in [2.24, 2.45) is 0 Å². The number of non-ortho nitro benzene ring substituents is 1. The summed E-state index contributed by atoms with van der Waals surface area (Å²) in [4.78, 5) is 46.9. The first-order valence-corrected chi connectivity index (χ1v) is 7.81. The number of nitro benzene ring substituents is 1. The van der Waals surface area contributed by atoms with Crippen LogP contribution >= 0.6 is 11.6 Å². The SMILES string of the molecule is O=C(O)c1ccc(NC2=C(Cl)C(=O)N(c3cccc([N+](=O)[O-])c3)C2=O)cc1. The number of nitro groups is 1. The number of amides is 2. The Kier molecular flexibility index (Phi) is 4.61. The van der Waals surface area contributed by atoms with E-state index in [1.165, 1.54) is 42.5 Å². The molecule has 1 aliphatic rings. The number of carbonyl (C=O) groups is 3. The zero-order valence-electron chi connectivity index (χ0n) is 13.4. The van der Waals surface area contributed by atoms with Gasteiger partial charge in [0.15, 0.2) is 0 Å². The molecule has 2 amide bonds. The van der Waals surface area contributed by atoms with E-state index < -0.39 is 22.7 Å². The Morgan fingerprint density at radius 2 is 1.78 bits per heavy atom. The fourth-order valence-electron chi connectivity index (χ4n) is 2.43. The summed E-state index contributed by atoms with van der Waals surface area (Å²) in [5.74, 6) is -2.72. The number of nitrogens with zero attached hydrogens (tertiary/aromatic N) is 2. The van der Waals surface area contributed by atoms with Gasteiger partial charge in [-0.3, -0.25) is 19.7 Å². The number of aromatic carboxylic acids is 1. The second-order valence-electron chi connectivity index (χ2n) is 5.42. The molecule has 0 radical (unpaired) electrons. The van der Waals surface area contributed by atoms with Crippen LogP contribution in [0.15, 0.2) is 59.3 Å². The van der Waals surface area contributed by atoms with E-state index in [9.17, 15) is 24.5 Å². The van der Waals surface area contributed by atoms with Gasteiger partial charge in [0.2, 0.25) is 0 Å². The third-order valence-corrected chi connectivity index (χ3v) is 4.08. The molecule has 0 bridgehead atoms. The average molecular weight is 388 g/mol. The molecule has 1 heterocycles. The standard InChI is InChI=1S/C17H10ClN3O6/c18-13-14(19-10-6-4-9(5-7-10)17(24)25)16(23)20(15(13)22)11-2-1-3-12(8-11)21(26)27/h1-8,19H,(H,24,25). The molecular weight excluding hydrogens is 378 g/mol. The lowest BCUT2D eigenvalue weighted by molar-refractivity contribution is -0.384. The summed E-state index contributed by atoms with van der Waals surface area (Å²) < 4.78 is 0. The normalized spacial score (nSPS) is 13.9. The molecule has 0 unspecified atom stereocenters. The lowest BCUT2D eigenvalue weighted by atomic mass is 10.2. The molecule has 0 atom stereocenters. The van der Waals surface area contributed by atoms with Crippen LogP contribution in [0.4, 0.5) is 17.1 Å². The number of nitrogens with one attached hydrogen (secondary N) is 1. The number of anilines is 2. The van der Waals surface area contributed by atoms with Crippen molar-refractivity contribution in [1.82, 2.24) is 0 Å². The Hall–Kier alpha value is -3.72. The summed E-state index contributed by atoms with van der Waals surface area (Å²) in [6, 6.07) is 10.5. The van der Waals surface area contributed by atoms with Gasteiger partial charge >= 0.3 is 5.97 Å². The molecule has 10 heteroatoms.